The SMILES string of the molecule is CCCC(C(=O)N1CCCC(COC)C1)C(N)=S. The molecule has 0 radical (unpaired) electrons. The first kappa shape index (κ1) is 15.4. The van der Waals surface area contributed by atoms with Crippen molar-refractivity contribution in [3.63, 3.8) is 0 Å². The molecule has 5 heteroatoms. The van der Waals surface area contributed by atoms with Crippen molar-refractivity contribution >= 4 is 23.1 Å². The maximum absolute atomic E-state index is 12.4. The number of amides is 1. The van der Waals surface area contributed by atoms with Crippen LogP contribution in [0.1, 0.15) is 32.6 Å². The van der Waals surface area contributed by atoms with Crippen molar-refractivity contribution in [2.24, 2.45) is 17.6 Å². The van der Waals surface area contributed by atoms with Crippen molar-refractivity contribution in [3.8, 4) is 0 Å². The number of nitrogens with two attached hydrogens (primary N) is 1. The molecule has 1 saturated heterocycles. The van der Waals surface area contributed by atoms with Crippen molar-refractivity contribution in [2.75, 3.05) is 26.8 Å². The number of methoxy groups -OCH3 is 1. The molecule has 2 N–H and O–H groups in total. The van der Waals surface area contributed by atoms with Gasteiger partial charge in [-0.2, -0.15) is 0 Å². The molecule has 0 aromatic heterocycles. The highest BCUT2D eigenvalue weighted by Crippen LogP contribution is 2.20. The van der Waals surface area contributed by atoms with Crippen molar-refractivity contribution in [1.82, 2.24) is 4.90 Å². The van der Waals surface area contributed by atoms with Crippen molar-refractivity contribution < 1.29 is 9.53 Å². The lowest BCUT2D eigenvalue weighted by atomic mass is 9.95. The molecule has 0 aliphatic carbocycles. The van der Waals surface area contributed by atoms with Gasteiger partial charge in [0.25, 0.3) is 0 Å². The second-order valence-electron chi connectivity index (χ2n) is 4.99. The van der Waals surface area contributed by atoms with Gasteiger partial charge in [0.15, 0.2) is 0 Å². The second kappa shape index (κ2) is 7.69. The van der Waals surface area contributed by atoms with Crippen LogP contribution in [-0.4, -0.2) is 42.6 Å². The van der Waals surface area contributed by atoms with Gasteiger partial charge >= 0.3 is 0 Å². The van der Waals surface area contributed by atoms with Gasteiger partial charge in [-0.1, -0.05) is 25.6 Å². The summed E-state index contributed by atoms with van der Waals surface area (Å²) in [7, 11) is 1.70. The molecular weight excluding hydrogens is 248 g/mol. The molecule has 4 nitrogen and oxygen atoms in total. The molecule has 0 saturated carbocycles. The van der Waals surface area contributed by atoms with Gasteiger partial charge < -0.3 is 15.4 Å². The third kappa shape index (κ3) is 4.21. The number of piperidine rings is 1. The fourth-order valence-corrected chi connectivity index (χ4v) is 2.75. The van der Waals surface area contributed by atoms with Gasteiger partial charge in [0.2, 0.25) is 5.91 Å². The Morgan fingerprint density at radius 1 is 1.61 bits per heavy atom. The van der Waals surface area contributed by atoms with Crippen LogP contribution in [0.25, 0.3) is 0 Å². The van der Waals surface area contributed by atoms with Gasteiger partial charge in [0.1, 0.15) is 0 Å². The normalized spacial score (nSPS) is 21.7. The van der Waals surface area contributed by atoms with Crippen LogP contribution in [0.5, 0.6) is 0 Å². The van der Waals surface area contributed by atoms with E-state index in [1.165, 1.54) is 0 Å². The molecule has 0 aromatic carbocycles. The van der Waals surface area contributed by atoms with Crippen molar-refractivity contribution in [2.45, 2.75) is 32.6 Å². The third-order valence-corrected chi connectivity index (χ3v) is 3.74. The smallest absolute Gasteiger partial charge is 0.232 e. The number of rotatable bonds is 6. The van der Waals surface area contributed by atoms with E-state index in [1.54, 1.807) is 7.11 Å². The average Bonchev–Trinajstić information content (AvgIpc) is 2.35. The van der Waals surface area contributed by atoms with E-state index in [-0.39, 0.29) is 11.8 Å². The second-order valence-corrected chi connectivity index (χ2v) is 5.46. The first-order chi connectivity index (χ1) is 8.60. The van der Waals surface area contributed by atoms with Crippen LogP contribution in [0.15, 0.2) is 0 Å². The molecule has 1 aliphatic rings. The molecule has 1 rings (SSSR count). The molecule has 1 aliphatic heterocycles. The Hall–Kier alpha value is -0.680. The van der Waals surface area contributed by atoms with E-state index in [9.17, 15) is 4.79 Å². The Labute approximate surface area is 115 Å². The van der Waals surface area contributed by atoms with Crippen molar-refractivity contribution in [3.05, 3.63) is 0 Å². The van der Waals surface area contributed by atoms with Crippen LogP contribution < -0.4 is 5.73 Å². The quantitative estimate of drug-likeness (QED) is 0.746. The zero-order valence-electron chi connectivity index (χ0n) is 11.4. The molecule has 2 atom stereocenters. The molecule has 1 amide bonds. The third-order valence-electron chi connectivity index (χ3n) is 3.45. The van der Waals surface area contributed by atoms with Gasteiger partial charge in [-0.05, 0) is 25.2 Å². The predicted octanol–water partition coefficient (Wildman–Crippen LogP) is 1.57. The number of thiocarbonyl (C=S) groups is 1. The molecule has 104 valence electrons. The predicted molar refractivity (Wildman–Crippen MR) is 76.4 cm³/mol. The summed E-state index contributed by atoms with van der Waals surface area (Å²) >= 11 is 5.01. The van der Waals surface area contributed by atoms with Gasteiger partial charge in [-0.3, -0.25) is 4.79 Å². The molecule has 1 heterocycles. The highest BCUT2D eigenvalue weighted by molar-refractivity contribution is 7.80. The van der Waals surface area contributed by atoms with Gasteiger partial charge in [0, 0.05) is 20.2 Å². The molecule has 18 heavy (non-hydrogen) atoms. The lowest BCUT2D eigenvalue weighted by Gasteiger charge is -2.34. The Kier molecular flexibility index (Phi) is 6.57. The molecular formula is C13H24N2O2S. The lowest BCUT2D eigenvalue weighted by molar-refractivity contribution is -0.135. The van der Waals surface area contributed by atoms with Gasteiger partial charge in [-0.15, -0.1) is 0 Å². The minimum atomic E-state index is -0.286. The van der Waals surface area contributed by atoms with E-state index < -0.39 is 0 Å². The van der Waals surface area contributed by atoms with Gasteiger partial charge in [-0.25, -0.2) is 0 Å². The molecule has 0 spiro atoms. The number of hydrogen-bond acceptors (Lipinski definition) is 3. The zero-order chi connectivity index (χ0) is 13.5. The maximum atomic E-state index is 12.4. The molecule has 2 unspecified atom stereocenters. The average molecular weight is 272 g/mol. The zero-order valence-corrected chi connectivity index (χ0v) is 12.2. The van der Waals surface area contributed by atoms with Crippen LogP contribution in [0.3, 0.4) is 0 Å². The van der Waals surface area contributed by atoms with Crippen LogP contribution in [0, 0.1) is 11.8 Å². The summed E-state index contributed by atoms with van der Waals surface area (Å²) in [5, 5.41) is 0. The minimum absolute atomic E-state index is 0.102. The fraction of sp³-hybridized carbons (Fsp3) is 0.846. The summed E-state index contributed by atoms with van der Waals surface area (Å²) in [6, 6.07) is 0. The van der Waals surface area contributed by atoms with E-state index in [2.05, 4.69) is 0 Å². The highest BCUT2D eigenvalue weighted by Gasteiger charge is 2.29. The highest BCUT2D eigenvalue weighted by atomic mass is 32.1. The monoisotopic (exact) mass is 272 g/mol. The van der Waals surface area contributed by atoms with Crippen LogP contribution in [-0.2, 0) is 9.53 Å². The minimum Gasteiger partial charge on any atom is -0.393 e. The van der Waals surface area contributed by atoms with Gasteiger partial charge in [0.05, 0.1) is 17.5 Å². The Morgan fingerprint density at radius 3 is 2.89 bits per heavy atom. The first-order valence-corrected chi connectivity index (χ1v) is 7.08. The topological polar surface area (TPSA) is 55.6 Å². The summed E-state index contributed by atoms with van der Waals surface area (Å²) in [6.07, 6.45) is 3.84. The fourth-order valence-electron chi connectivity index (χ4n) is 2.53. The maximum Gasteiger partial charge on any atom is 0.232 e. The number of nitrogens with zero attached hydrogens (tertiary/aromatic N) is 1. The molecule has 0 bridgehead atoms. The number of carbonyl (C=O) groups is 1. The lowest BCUT2D eigenvalue weighted by Crippen LogP contribution is -2.46. The summed E-state index contributed by atoms with van der Waals surface area (Å²) in [5.74, 6) is 0.262. The number of hydrogen-bond donors (Lipinski definition) is 1. The number of ether oxygens (including phenoxy) is 1. The van der Waals surface area contributed by atoms with Crippen molar-refractivity contribution in [1.29, 1.82) is 0 Å². The summed E-state index contributed by atoms with van der Waals surface area (Å²) in [5.41, 5.74) is 5.68. The Morgan fingerprint density at radius 2 is 2.33 bits per heavy atom. The standard InChI is InChI=1S/C13H24N2O2S/c1-3-5-11(12(14)18)13(16)15-7-4-6-10(8-15)9-17-2/h10-11H,3-9H2,1-2H3,(H2,14,18). The van der Waals surface area contributed by atoms with E-state index in [0.29, 0.717) is 10.9 Å². The van der Waals surface area contributed by atoms with E-state index in [1.807, 2.05) is 11.8 Å². The van der Waals surface area contributed by atoms with Crippen LogP contribution in [0.4, 0.5) is 0 Å². The summed E-state index contributed by atoms with van der Waals surface area (Å²) in [6.45, 7) is 4.36. The first-order valence-electron chi connectivity index (χ1n) is 6.67. The largest absolute Gasteiger partial charge is 0.393 e. The van der Waals surface area contributed by atoms with E-state index in [4.69, 9.17) is 22.7 Å². The Bertz CT molecular complexity index is 295. The number of likely N-dealkylation sites (tertiary alicyclic amines) is 1. The van der Waals surface area contributed by atoms with E-state index in [0.717, 1.165) is 45.4 Å². The molecule has 0 aromatic rings. The van der Waals surface area contributed by atoms with Crippen LogP contribution in [0.2, 0.25) is 0 Å². The summed E-state index contributed by atoms with van der Waals surface area (Å²) in [4.78, 5) is 14.6. The molecule has 1 fully saturated rings. The Balaban J connectivity index is 2.60. The number of carbonyl (C=O) groups excluding carboxylic acids is 1. The van der Waals surface area contributed by atoms with E-state index >= 15 is 0 Å². The van der Waals surface area contributed by atoms with Crippen LogP contribution >= 0.6 is 12.2 Å². The summed E-state index contributed by atoms with van der Waals surface area (Å²) < 4.78 is 5.18.